The second-order valence-electron chi connectivity index (χ2n) is 5.77. The maximum atomic E-state index is 11.4. The average Bonchev–Trinajstić information content (AvgIpc) is 2.45. The van der Waals surface area contributed by atoms with E-state index in [-0.39, 0.29) is 18.6 Å². The highest BCUT2D eigenvalue weighted by Gasteiger charge is 2.14. The molecule has 0 aromatic carbocycles. The number of aliphatic hydroxyl groups is 1. The van der Waals surface area contributed by atoms with Gasteiger partial charge in [0.1, 0.15) is 12.2 Å². The molecule has 1 N–H and O–H groups in total. The highest BCUT2D eigenvalue weighted by molar-refractivity contribution is 5.95. The molecular formula is C17H32O4. The van der Waals surface area contributed by atoms with Crippen LogP contribution in [0, 0.1) is 0 Å². The van der Waals surface area contributed by atoms with Gasteiger partial charge in [-0.25, -0.2) is 0 Å². The Morgan fingerprint density at radius 1 is 0.952 bits per heavy atom. The molecule has 0 aliphatic carbocycles. The minimum atomic E-state index is -0.619. The van der Waals surface area contributed by atoms with Crippen molar-refractivity contribution < 1.29 is 19.4 Å². The van der Waals surface area contributed by atoms with Crippen LogP contribution in [0.15, 0.2) is 0 Å². The number of aliphatic hydroxyl groups excluding tert-OH is 1. The molecular weight excluding hydrogens is 268 g/mol. The van der Waals surface area contributed by atoms with Gasteiger partial charge in [-0.05, 0) is 6.42 Å². The normalized spacial score (nSPS) is 12.1. The third-order valence-corrected chi connectivity index (χ3v) is 3.67. The first-order valence-corrected chi connectivity index (χ1v) is 8.36. The van der Waals surface area contributed by atoms with Crippen molar-refractivity contribution in [3.8, 4) is 0 Å². The van der Waals surface area contributed by atoms with Crippen molar-refractivity contribution in [3.63, 3.8) is 0 Å². The predicted molar refractivity (Wildman–Crippen MR) is 84.1 cm³/mol. The summed E-state index contributed by atoms with van der Waals surface area (Å²) in [6, 6.07) is 0. The van der Waals surface area contributed by atoms with E-state index in [9.17, 15) is 14.7 Å². The van der Waals surface area contributed by atoms with E-state index in [1.165, 1.54) is 52.1 Å². The predicted octanol–water partition coefficient (Wildman–Crippen LogP) is 3.79. The highest BCUT2D eigenvalue weighted by Crippen LogP contribution is 2.12. The Labute approximate surface area is 129 Å². The Balaban J connectivity index is 3.39. The lowest BCUT2D eigenvalue weighted by atomic mass is 10.0. The molecule has 0 unspecified atom stereocenters. The minimum absolute atomic E-state index is 0.0616. The maximum Gasteiger partial charge on any atom is 0.313 e. The van der Waals surface area contributed by atoms with Gasteiger partial charge in [-0.1, -0.05) is 64.7 Å². The van der Waals surface area contributed by atoms with Crippen molar-refractivity contribution in [2.24, 2.45) is 0 Å². The molecule has 0 saturated carbocycles. The van der Waals surface area contributed by atoms with Crippen LogP contribution in [0.3, 0.4) is 0 Å². The molecule has 4 nitrogen and oxygen atoms in total. The number of carbonyl (C=O) groups is 2. The van der Waals surface area contributed by atoms with Gasteiger partial charge in [0.25, 0.3) is 0 Å². The standard InChI is InChI=1S/C17H32O4/c1-3-4-5-6-7-8-9-10-11-12-15(18)13-16(19)14-17(20)21-2/h15,18H,3-14H2,1-2H3/t15-/m0/s1. The molecule has 21 heavy (non-hydrogen) atoms. The van der Waals surface area contributed by atoms with Crippen molar-refractivity contribution >= 4 is 11.8 Å². The average molecular weight is 300 g/mol. The Morgan fingerprint density at radius 3 is 2.00 bits per heavy atom. The number of ether oxygens (including phenoxy) is 1. The van der Waals surface area contributed by atoms with Crippen LogP contribution in [0.2, 0.25) is 0 Å². The SMILES string of the molecule is CCCCCCCCCCC[C@H](O)CC(=O)CC(=O)OC. The first kappa shape index (κ1) is 20.1. The summed E-state index contributed by atoms with van der Waals surface area (Å²) in [5.41, 5.74) is 0. The van der Waals surface area contributed by atoms with Gasteiger partial charge >= 0.3 is 5.97 Å². The summed E-state index contributed by atoms with van der Waals surface area (Å²) in [4.78, 5) is 22.3. The van der Waals surface area contributed by atoms with Gasteiger partial charge in [-0.3, -0.25) is 9.59 Å². The van der Waals surface area contributed by atoms with Crippen molar-refractivity contribution in [2.45, 2.75) is 90.1 Å². The molecule has 1 atom stereocenters. The number of unbranched alkanes of at least 4 members (excludes halogenated alkanes) is 8. The van der Waals surface area contributed by atoms with Crippen LogP contribution in [0.5, 0.6) is 0 Å². The van der Waals surface area contributed by atoms with E-state index in [0.29, 0.717) is 6.42 Å². The second kappa shape index (κ2) is 14.1. The zero-order chi connectivity index (χ0) is 15.9. The van der Waals surface area contributed by atoms with E-state index in [0.717, 1.165) is 12.8 Å². The number of rotatable bonds is 14. The molecule has 0 rings (SSSR count). The van der Waals surface area contributed by atoms with Crippen LogP contribution in [0.1, 0.15) is 84.0 Å². The summed E-state index contributed by atoms with van der Waals surface area (Å²) >= 11 is 0. The smallest absolute Gasteiger partial charge is 0.313 e. The molecule has 0 aromatic heterocycles. The summed E-state index contributed by atoms with van der Waals surface area (Å²) in [7, 11) is 1.26. The Hall–Kier alpha value is -0.900. The molecule has 0 spiro atoms. The van der Waals surface area contributed by atoms with Gasteiger partial charge in [0.2, 0.25) is 0 Å². The summed E-state index contributed by atoms with van der Waals surface area (Å²) in [6.45, 7) is 2.22. The van der Waals surface area contributed by atoms with E-state index >= 15 is 0 Å². The molecule has 4 heteroatoms. The third kappa shape index (κ3) is 13.8. The fourth-order valence-corrected chi connectivity index (χ4v) is 2.36. The first-order chi connectivity index (χ1) is 10.1. The molecule has 0 fully saturated rings. The second-order valence-corrected chi connectivity index (χ2v) is 5.77. The van der Waals surface area contributed by atoms with Crippen molar-refractivity contribution in [1.29, 1.82) is 0 Å². The summed E-state index contributed by atoms with van der Waals surface area (Å²) in [6.07, 6.45) is 11.0. The number of Topliss-reactive ketones (excluding diaryl/α,β-unsaturated/α-hetero) is 1. The van der Waals surface area contributed by atoms with E-state index in [2.05, 4.69) is 11.7 Å². The van der Waals surface area contributed by atoms with Gasteiger partial charge in [0.05, 0.1) is 13.2 Å². The van der Waals surface area contributed by atoms with Gasteiger partial charge in [-0.2, -0.15) is 0 Å². The van der Waals surface area contributed by atoms with E-state index in [4.69, 9.17) is 0 Å². The van der Waals surface area contributed by atoms with Crippen LogP contribution in [0.25, 0.3) is 0 Å². The zero-order valence-corrected chi connectivity index (χ0v) is 13.7. The van der Waals surface area contributed by atoms with Gasteiger partial charge in [-0.15, -0.1) is 0 Å². The molecule has 0 aliphatic heterocycles. The molecule has 0 aliphatic rings. The maximum absolute atomic E-state index is 11.4. The molecule has 0 saturated heterocycles. The molecule has 0 radical (unpaired) electrons. The quantitative estimate of drug-likeness (QED) is 0.301. The summed E-state index contributed by atoms with van der Waals surface area (Å²) in [5, 5.41) is 9.73. The molecule has 0 aromatic rings. The molecule has 0 amide bonds. The van der Waals surface area contributed by atoms with Crippen LogP contribution in [0.4, 0.5) is 0 Å². The van der Waals surface area contributed by atoms with Gasteiger partial charge in [0.15, 0.2) is 0 Å². The highest BCUT2D eigenvalue weighted by atomic mass is 16.5. The summed E-state index contributed by atoms with van der Waals surface area (Å²) < 4.78 is 4.42. The number of hydrogen-bond donors (Lipinski definition) is 1. The number of carbonyl (C=O) groups excluding carboxylic acids is 2. The molecule has 0 heterocycles. The van der Waals surface area contributed by atoms with Crippen molar-refractivity contribution in [1.82, 2.24) is 0 Å². The Kier molecular flexibility index (Phi) is 13.5. The first-order valence-electron chi connectivity index (χ1n) is 8.36. The van der Waals surface area contributed by atoms with E-state index < -0.39 is 12.1 Å². The van der Waals surface area contributed by atoms with Crippen molar-refractivity contribution in [2.75, 3.05) is 7.11 Å². The van der Waals surface area contributed by atoms with Crippen LogP contribution in [-0.4, -0.2) is 30.1 Å². The zero-order valence-electron chi connectivity index (χ0n) is 13.7. The number of esters is 1. The Bertz CT molecular complexity index is 276. The van der Waals surface area contributed by atoms with Crippen LogP contribution in [-0.2, 0) is 14.3 Å². The topological polar surface area (TPSA) is 63.6 Å². The van der Waals surface area contributed by atoms with E-state index in [1.807, 2.05) is 0 Å². The monoisotopic (exact) mass is 300 g/mol. The van der Waals surface area contributed by atoms with E-state index in [1.54, 1.807) is 0 Å². The fraction of sp³-hybridized carbons (Fsp3) is 0.882. The largest absolute Gasteiger partial charge is 0.469 e. The lowest BCUT2D eigenvalue weighted by Gasteiger charge is -2.09. The third-order valence-electron chi connectivity index (χ3n) is 3.67. The molecule has 124 valence electrons. The molecule has 0 bridgehead atoms. The van der Waals surface area contributed by atoms with Crippen LogP contribution >= 0.6 is 0 Å². The fourth-order valence-electron chi connectivity index (χ4n) is 2.36. The lowest BCUT2D eigenvalue weighted by molar-refractivity contribution is -0.143. The summed E-state index contributed by atoms with van der Waals surface area (Å²) in [5.74, 6) is -0.777. The lowest BCUT2D eigenvalue weighted by Crippen LogP contribution is -2.16. The van der Waals surface area contributed by atoms with Gasteiger partial charge < -0.3 is 9.84 Å². The van der Waals surface area contributed by atoms with Crippen molar-refractivity contribution in [3.05, 3.63) is 0 Å². The Morgan fingerprint density at radius 2 is 1.48 bits per heavy atom. The van der Waals surface area contributed by atoms with Gasteiger partial charge in [0, 0.05) is 6.42 Å². The number of hydrogen-bond acceptors (Lipinski definition) is 4. The van der Waals surface area contributed by atoms with Crippen LogP contribution < -0.4 is 0 Å². The number of methoxy groups -OCH3 is 1. The minimum Gasteiger partial charge on any atom is -0.469 e. The number of ketones is 1.